The summed E-state index contributed by atoms with van der Waals surface area (Å²) in [5.74, 6) is 1.56. The summed E-state index contributed by atoms with van der Waals surface area (Å²) in [6.45, 7) is 2.93. The monoisotopic (exact) mass is 362 g/mol. The number of nitrogens with zero attached hydrogens (tertiary/aromatic N) is 2. The van der Waals surface area contributed by atoms with Gasteiger partial charge in [-0.05, 0) is 30.3 Å². The van der Waals surface area contributed by atoms with Crippen LogP contribution in [0.2, 0.25) is 0 Å². The first-order valence-electron chi connectivity index (χ1n) is 9.08. The van der Waals surface area contributed by atoms with Crippen molar-refractivity contribution >= 4 is 28.6 Å². The molecule has 1 aromatic heterocycles. The van der Waals surface area contributed by atoms with Crippen LogP contribution in [0.3, 0.4) is 0 Å². The molecule has 0 bridgehead atoms. The fraction of sp³-hybridized carbons (Fsp3) is 0.227. The van der Waals surface area contributed by atoms with E-state index in [0.717, 1.165) is 35.5 Å². The molecule has 0 atom stereocenters. The van der Waals surface area contributed by atoms with Crippen LogP contribution < -0.4 is 9.64 Å². The number of hydrogen-bond donors (Lipinski definition) is 0. The topological polar surface area (TPSA) is 45.9 Å². The molecule has 3 aromatic rings. The second kappa shape index (κ2) is 7.58. The summed E-state index contributed by atoms with van der Waals surface area (Å²) in [4.78, 5) is 16.6. The van der Waals surface area contributed by atoms with Crippen molar-refractivity contribution in [3.63, 3.8) is 0 Å². The van der Waals surface area contributed by atoms with Crippen molar-refractivity contribution in [1.29, 1.82) is 0 Å². The van der Waals surface area contributed by atoms with Gasteiger partial charge in [0.25, 0.3) is 0 Å². The van der Waals surface area contributed by atoms with Crippen LogP contribution in [0, 0.1) is 0 Å². The molecule has 5 heteroatoms. The first-order chi connectivity index (χ1) is 13.2. The largest absolute Gasteiger partial charge is 0.495 e. The van der Waals surface area contributed by atoms with Gasteiger partial charge in [0, 0.05) is 37.6 Å². The van der Waals surface area contributed by atoms with Gasteiger partial charge in [-0.1, -0.05) is 30.3 Å². The van der Waals surface area contributed by atoms with Crippen molar-refractivity contribution in [3.8, 4) is 5.75 Å². The zero-order valence-electron chi connectivity index (χ0n) is 15.3. The maximum atomic E-state index is 12.5. The number of hydrogen-bond acceptors (Lipinski definition) is 4. The van der Waals surface area contributed by atoms with Crippen molar-refractivity contribution in [2.75, 3.05) is 38.2 Å². The summed E-state index contributed by atoms with van der Waals surface area (Å²) < 4.78 is 11.2. The Morgan fingerprint density at radius 2 is 1.78 bits per heavy atom. The second-order valence-corrected chi connectivity index (χ2v) is 6.50. The minimum atomic E-state index is 0.00938. The Bertz CT molecular complexity index is 935. The van der Waals surface area contributed by atoms with Gasteiger partial charge >= 0.3 is 0 Å². The summed E-state index contributed by atoms with van der Waals surface area (Å²) in [5, 5.41) is 1.04. The van der Waals surface area contributed by atoms with Crippen molar-refractivity contribution in [3.05, 3.63) is 66.4 Å². The van der Waals surface area contributed by atoms with E-state index >= 15 is 0 Å². The van der Waals surface area contributed by atoms with E-state index in [9.17, 15) is 4.79 Å². The molecule has 5 nitrogen and oxygen atoms in total. The number of para-hydroxylation sites is 3. The number of benzene rings is 2. The van der Waals surface area contributed by atoms with Gasteiger partial charge in [0.05, 0.1) is 12.8 Å². The van der Waals surface area contributed by atoms with E-state index in [4.69, 9.17) is 9.15 Å². The number of ether oxygens (including phenoxy) is 1. The van der Waals surface area contributed by atoms with Crippen LogP contribution in [0.5, 0.6) is 5.75 Å². The Hall–Kier alpha value is -3.21. The maximum Gasteiger partial charge on any atom is 0.246 e. The van der Waals surface area contributed by atoms with E-state index in [1.807, 2.05) is 53.4 Å². The third-order valence-electron chi connectivity index (χ3n) is 4.85. The maximum absolute atomic E-state index is 12.5. The van der Waals surface area contributed by atoms with Crippen LogP contribution in [-0.2, 0) is 4.79 Å². The van der Waals surface area contributed by atoms with Crippen LogP contribution in [0.25, 0.3) is 17.0 Å². The molecule has 4 rings (SSSR count). The number of fused-ring (bicyclic) bond motifs is 1. The van der Waals surface area contributed by atoms with Gasteiger partial charge in [0.15, 0.2) is 0 Å². The number of anilines is 1. The number of rotatable bonds is 4. The molecular formula is C22H22N2O3. The molecule has 27 heavy (non-hydrogen) atoms. The fourth-order valence-electron chi connectivity index (χ4n) is 3.40. The van der Waals surface area contributed by atoms with Gasteiger partial charge in [-0.2, -0.15) is 0 Å². The smallest absolute Gasteiger partial charge is 0.246 e. The highest BCUT2D eigenvalue weighted by Crippen LogP contribution is 2.28. The number of piperazine rings is 1. The fourth-order valence-corrected chi connectivity index (χ4v) is 3.40. The van der Waals surface area contributed by atoms with Crippen molar-refractivity contribution in [2.45, 2.75) is 0 Å². The number of carbonyl (C=O) groups excluding carboxylic acids is 1. The number of carbonyl (C=O) groups is 1. The van der Waals surface area contributed by atoms with Gasteiger partial charge in [-0.15, -0.1) is 0 Å². The average Bonchev–Trinajstić information content (AvgIpc) is 3.15. The summed E-state index contributed by atoms with van der Waals surface area (Å²) in [5.41, 5.74) is 1.90. The molecule has 1 aliphatic rings. The summed E-state index contributed by atoms with van der Waals surface area (Å²) in [6.07, 6.45) is 3.34. The molecule has 1 saturated heterocycles. The number of methoxy groups -OCH3 is 1. The van der Waals surface area contributed by atoms with Crippen LogP contribution >= 0.6 is 0 Å². The standard InChI is InChI=1S/C22H22N2O3/c1-26-21-9-5-3-7-19(21)23-12-14-24(15-13-23)22(25)11-10-18-16-17-6-2-4-8-20(17)27-18/h2-11,16H,12-15H2,1H3/b11-10+. The molecule has 0 unspecified atom stereocenters. The minimum Gasteiger partial charge on any atom is -0.495 e. The normalized spacial score (nSPS) is 14.9. The van der Waals surface area contributed by atoms with Crippen LogP contribution in [0.15, 0.2) is 65.1 Å². The Kier molecular flexibility index (Phi) is 4.83. The Morgan fingerprint density at radius 1 is 1.04 bits per heavy atom. The van der Waals surface area contributed by atoms with Crippen LogP contribution in [0.1, 0.15) is 5.76 Å². The van der Waals surface area contributed by atoms with Gasteiger partial charge < -0.3 is 19.0 Å². The van der Waals surface area contributed by atoms with Gasteiger partial charge in [0.2, 0.25) is 5.91 Å². The predicted molar refractivity (Wildman–Crippen MR) is 107 cm³/mol. The molecule has 2 heterocycles. The molecule has 1 amide bonds. The first kappa shape index (κ1) is 17.2. The van der Waals surface area contributed by atoms with E-state index in [1.54, 1.807) is 19.3 Å². The van der Waals surface area contributed by atoms with E-state index < -0.39 is 0 Å². The zero-order chi connectivity index (χ0) is 18.6. The molecule has 2 aromatic carbocycles. The lowest BCUT2D eigenvalue weighted by atomic mass is 10.2. The molecule has 1 fully saturated rings. The lowest BCUT2D eigenvalue weighted by Gasteiger charge is -2.36. The highest BCUT2D eigenvalue weighted by Gasteiger charge is 2.21. The summed E-state index contributed by atoms with van der Waals surface area (Å²) >= 11 is 0. The molecule has 1 aliphatic heterocycles. The lowest BCUT2D eigenvalue weighted by Crippen LogP contribution is -2.48. The minimum absolute atomic E-state index is 0.00938. The third kappa shape index (κ3) is 3.67. The second-order valence-electron chi connectivity index (χ2n) is 6.50. The van der Waals surface area contributed by atoms with Crippen molar-refractivity contribution < 1.29 is 13.9 Å². The van der Waals surface area contributed by atoms with Gasteiger partial charge in [0.1, 0.15) is 17.1 Å². The van der Waals surface area contributed by atoms with Gasteiger partial charge in [-0.3, -0.25) is 4.79 Å². The summed E-state index contributed by atoms with van der Waals surface area (Å²) in [7, 11) is 1.68. The predicted octanol–water partition coefficient (Wildman–Crippen LogP) is 3.80. The van der Waals surface area contributed by atoms with E-state index in [1.165, 1.54) is 0 Å². The Balaban J connectivity index is 1.38. The number of furan rings is 1. The molecule has 0 spiro atoms. The number of amides is 1. The van der Waals surface area contributed by atoms with Crippen LogP contribution in [0.4, 0.5) is 5.69 Å². The van der Waals surface area contributed by atoms with Crippen molar-refractivity contribution in [2.24, 2.45) is 0 Å². The Labute approximate surface area is 158 Å². The summed E-state index contributed by atoms with van der Waals surface area (Å²) in [6, 6.07) is 17.7. The molecule has 0 aliphatic carbocycles. The molecular weight excluding hydrogens is 340 g/mol. The highest BCUT2D eigenvalue weighted by molar-refractivity contribution is 5.92. The Morgan fingerprint density at radius 3 is 2.56 bits per heavy atom. The van der Waals surface area contributed by atoms with E-state index in [0.29, 0.717) is 18.8 Å². The van der Waals surface area contributed by atoms with Crippen molar-refractivity contribution in [1.82, 2.24) is 4.90 Å². The zero-order valence-corrected chi connectivity index (χ0v) is 15.3. The van der Waals surface area contributed by atoms with Gasteiger partial charge in [-0.25, -0.2) is 0 Å². The van der Waals surface area contributed by atoms with E-state index in [-0.39, 0.29) is 5.91 Å². The molecule has 0 N–H and O–H groups in total. The molecule has 138 valence electrons. The van der Waals surface area contributed by atoms with Crippen LogP contribution in [-0.4, -0.2) is 44.1 Å². The molecule has 0 radical (unpaired) electrons. The highest BCUT2D eigenvalue weighted by atomic mass is 16.5. The van der Waals surface area contributed by atoms with E-state index in [2.05, 4.69) is 11.0 Å². The lowest BCUT2D eigenvalue weighted by molar-refractivity contribution is -0.126. The molecule has 0 saturated carbocycles. The third-order valence-corrected chi connectivity index (χ3v) is 4.85. The quantitative estimate of drug-likeness (QED) is 0.662. The average molecular weight is 362 g/mol. The SMILES string of the molecule is COc1ccccc1N1CCN(C(=O)/C=C/c2cc3ccccc3o2)CC1. The first-order valence-corrected chi connectivity index (χ1v) is 9.08.